The lowest BCUT2D eigenvalue weighted by Gasteiger charge is -2.03. The highest BCUT2D eigenvalue weighted by Crippen LogP contribution is 1.93. The van der Waals surface area contributed by atoms with E-state index in [2.05, 4.69) is 11.2 Å². The molecule has 0 aromatic rings. The zero-order chi connectivity index (χ0) is 10.6. The zero-order valence-corrected chi connectivity index (χ0v) is 8.84. The van der Waals surface area contributed by atoms with E-state index in [9.17, 15) is 4.79 Å². The van der Waals surface area contributed by atoms with Crippen LogP contribution < -0.4 is 5.32 Å². The van der Waals surface area contributed by atoms with Gasteiger partial charge in [-0.1, -0.05) is 0 Å². The molecule has 0 saturated carbocycles. The molecule has 14 heavy (non-hydrogen) atoms. The van der Waals surface area contributed by atoms with Crippen LogP contribution in [0.5, 0.6) is 0 Å². The van der Waals surface area contributed by atoms with E-state index in [1.807, 2.05) is 0 Å². The summed E-state index contributed by atoms with van der Waals surface area (Å²) in [5.41, 5.74) is 0. The van der Waals surface area contributed by atoms with Crippen molar-refractivity contribution in [3.8, 4) is 12.3 Å². The third-order valence-corrected chi connectivity index (χ3v) is 1.82. The number of carbonyl (C=O) groups is 1. The van der Waals surface area contributed by atoms with Gasteiger partial charge in [0.25, 0.3) is 0 Å². The van der Waals surface area contributed by atoms with Crippen molar-refractivity contribution >= 4 is 5.91 Å². The lowest BCUT2D eigenvalue weighted by Crippen LogP contribution is -2.24. The predicted molar refractivity (Wildman–Crippen MR) is 56.8 cm³/mol. The summed E-state index contributed by atoms with van der Waals surface area (Å²) >= 11 is 0. The maximum atomic E-state index is 11.1. The average molecular weight is 197 g/mol. The van der Waals surface area contributed by atoms with Crippen LogP contribution >= 0.6 is 0 Å². The molecule has 0 aliphatic carbocycles. The fourth-order valence-electron chi connectivity index (χ4n) is 1.05. The van der Waals surface area contributed by atoms with Crippen LogP contribution in [-0.4, -0.2) is 26.2 Å². The highest BCUT2D eigenvalue weighted by Gasteiger charge is 1.98. The molecule has 0 aliphatic heterocycles. The Labute approximate surface area is 86.2 Å². The Bertz CT molecular complexity index is 184. The van der Waals surface area contributed by atoms with E-state index >= 15 is 0 Å². The molecule has 0 saturated heterocycles. The van der Waals surface area contributed by atoms with Crippen molar-refractivity contribution in [2.75, 3.05) is 20.3 Å². The second-order valence-corrected chi connectivity index (χ2v) is 3.11. The summed E-state index contributed by atoms with van der Waals surface area (Å²) in [6.07, 6.45) is 9.16. The monoisotopic (exact) mass is 197 g/mol. The van der Waals surface area contributed by atoms with Crippen LogP contribution in [0.2, 0.25) is 0 Å². The highest BCUT2D eigenvalue weighted by atomic mass is 16.5. The molecule has 0 spiro atoms. The number of terminal acetylenes is 1. The second-order valence-electron chi connectivity index (χ2n) is 3.11. The molecule has 1 amide bonds. The maximum absolute atomic E-state index is 11.1. The van der Waals surface area contributed by atoms with Gasteiger partial charge in [0.2, 0.25) is 5.91 Å². The number of hydrogen-bond donors (Lipinski definition) is 1. The summed E-state index contributed by atoms with van der Waals surface area (Å²) < 4.78 is 4.85. The molecule has 0 aromatic carbocycles. The van der Waals surface area contributed by atoms with E-state index in [0.717, 1.165) is 32.2 Å². The van der Waals surface area contributed by atoms with Crippen LogP contribution in [0.1, 0.15) is 32.1 Å². The van der Waals surface area contributed by atoms with E-state index in [1.165, 1.54) is 0 Å². The third-order valence-electron chi connectivity index (χ3n) is 1.82. The lowest BCUT2D eigenvalue weighted by atomic mass is 10.2. The summed E-state index contributed by atoms with van der Waals surface area (Å²) in [7, 11) is 1.64. The van der Waals surface area contributed by atoms with Gasteiger partial charge in [0.1, 0.15) is 0 Å². The van der Waals surface area contributed by atoms with Crippen LogP contribution in [0.25, 0.3) is 0 Å². The number of amides is 1. The van der Waals surface area contributed by atoms with Crippen molar-refractivity contribution in [1.82, 2.24) is 5.32 Å². The van der Waals surface area contributed by atoms with Crippen LogP contribution in [0.4, 0.5) is 0 Å². The number of ether oxygens (including phenoxy) is 1. The van der Waals surface area contributed by atoms with Gasteiger partial charge in [0, 0.05) is 33.1 Å². The van der Waals surface area contributed by atoms with Crippen molar-refractivity contribution < 1.29 is 9.53 Å². The molecule has 0 unspecified atom stereocenters. The number of hydrogen-bond acceptors (Lipinski definition) is 2. The van der Waals surface area contributed by atoms with Crippen molar-refractivity contribution in [2.45, 2.75) is 32.1 Å². The SMILES string of the molecule is C#CCCCCNC(=O)CCCOC. The molecule has 3 nitrogen and oxygen atoms in total. The smallest absolute Gasteiger partial charge is 0.220 e. The van der Waals surface area contributed by atoms with Crippen molar-refractivity contribution in [3.63, 3.8) is 0 Å². The molecule has 0 fully saturated rings. The highest BCUT2D eigenvalue weighted by molar-refractivity contribution is 5.75. The zero-order valence-electron chi connectivity index (χ0n) is 8.84. The molecule has 0 radical (unpaired) electrons. The quantitative estimate of drug-likeness (QED) is 0.471. The fraction of sp³-hybridized carbons (Fsp3) is 0.727. The van der Waals surface area contributed by atoms with Gasteiger partial charge in [-0.15, -0.1) is 12.3 Å². The molecule has 0 aliphatic rings. The van der Waals surface area contributed by atoms with E-state index in [-0.39, 0.29) is 5.91 Å². The Morgan fingerprint density at radius 3 is 2.86 bits per heavy atom. The van der Waals surface area contributed by atoms with E-state index in [4.69, 9.17) is 11.2 Å². The lowest BCUT2D eigenvalue weighted by molar-refractivity contribution is -0.121. The third kappa shape index (κ3) is 9.08. The second kappa shape index (κ2) is 10.1. The number of unbranched alkanes of at least 4 members (excludes halogenated alkanes) is 2. The Morgan fingerprint density at radius 2 is 2.21 bits per heavy atom. The van der Waals surface area contributed by atoms with Gasteiger partial charge in [-0.3, -0.25) is 4.79 Å². The summed E-state index contributed by atoms with van der Waals surface area (Å²) in [6, 6.07) is 0. The van der Waals surface area contributed by atoms with Crippen LogP contribution in [0, 0.1) is 12.3 Å². The summed E-state index contributed by atoms with van der Waals surface area (Å²) in [4.78, 5) is 11.1. The van der Waals surface area contributed by atoms with Crippen LogP contribution in [-0.2, 0) is 9.53 Å². The predicted octanol–water partition coefficient (Wildman–Crippen LogP) is 1.33. The van der Waals surface area contributed by atoms with Crippen LogP contribution in [0.15, 0.2) is 0 Å². The molecule has 0 aromatic heterocycles. The van der Waals surface area contributed by atoms with Gasteiger partial charge in [-0.2, -0.15) is 0 Å². The molecule has 0 heterocycles. The van der Waals surface area contributed by atoms with E-state index < -0.39 is 0 Å². The van der Waals surface area contributed by atoms with Gasteiger partial charge < -0.3 is 10.1 Å². The van der Waals surface area contributed by atoms with Gasteiger partial charge in [0.05, 0.1) is 0 Å². The Hall–Kier alpha value is -1.01. The minimum atomic E-state index is 0.0998. The van der Waals surface area contributed by atoms with Gasteiger partial charge in [-0.05, 0) is 19.3 Å². The molecule has 0 atom stereocenters. The van der Waals surface area contributed by atoms with Crippen molar-refractivity contribution in [1.29, 1.82) is 0 Å². The Morgan fingerprint density at radius 1 is 1.43 bits per heavy atom. The maximum Gasteiger partial charge on any atom is 0.220 e. The molecule has 0 rings (SSSR count). The molecule has 1 N–H and O–H groups in total. The largest absolute Gasteiger partial charge is 0.385 e. The number of carbonyl (C=O) groups excluding carboxylic acids is 1. The number of methoxy groups -OCH3 is 1. The first-order chi connectivity index (χ1) is 6.81. The Balaban J connectivity index is 3.15. The first-order valence-corrected chi connectivity index (χ1v) is 5.00. The first kappa shape index (κ1) is 13.0. The van der Waals surface area contributed by atoms with Crippen LogP contribution in [0.3, 0.4) is 0 Å². The minimum Gasteiger partial charge on any atom is -0.385 e. The average Bonchev–Trinajstić information content (AvgIpc) is 2.18. The minimum absolute atomic E-state index is 0.0998. The molecular weight excluding hydrogens is 178 g/mol. The topological polar surface area (TPSA) is 38.3 Å². The molecule has 80 valence electrons. The fourth-order valence-corrected chi connectivity index (χ4v) is 1.05. The molecular formula is C11H19NO2. The summed E-state index contributed by atoms with van der Waals surface area (Å²) in [5.74, 6) is 2.67. The molecule has 0 bridgehead atoms. The normalized spacial score (nSPS) is 9.43. The van der Waals surface area contributed by atoms with Crippen molar-refractivity contribution in [3.05, 3.63) is 0 Å². The Kier molecular flexibility index (Phi) is 9.35. The van der Waals surface area contributed by atoms with E-state index in [0.29, 0.717) is 13.0 Å². The summed E-state index contributed by atoms with van der Waals surface area (Å²) in [5, 5.41) is 2.84. The van der Waals surface area contributed by atoms with Gasteiger partial charge in [0.15, 0.2) is 0 Å². The summed E-state index contributed by atoms with van der Waals surface area (Å²) in [6.45, 7) is 1.37. The van der Waals surface area contributed by atoms with Crippen molar-refractivity contribution in [2.24, 2.45) is 0 Å². The van der Waals surface area contributed by atoms with Gasteiger partial charge in [-0.25, -0.2) is 0 Å². The number of rotatable bonds is 8. The standard InChI is InChI=1S/C11H19NO2/c1-3-4-5-6-9-12-11(13)8-7-10-14-2/h1H,4-10H2,2H3,(H,12,13). The van der Waals surface area contributed by atoms with Gasteiger partial charge >= 0.3 is 0 Å². The van der Waals surface area contributed by atoms with E-state index in [1.54, 1.807) is 7.11 Å². The molecule has 3 heteroatoms. The first-order valence-electron chi connectivity index (χ1n) is 5.00. The number of nitrogens with one attached hydrogen (secondary N) is 1.